The largest absolute Gasteiger partial charge is 0.507 e. The maximum Gasteiger partial charge on any atom is 0.202 e. The normalized spacial score (nSPS) is 10.0. The number of carbonyl (C=O) groups excluding carboxylic acids is 1. The zero-order valence-electron chi connectivity index (χ0n) is 9.62. The molecule has 0 spiro atoms. The number of phenols is 2. The molecule has 0 amide bonds. The number of aromatic hydroxyl groups is 2. The third kappa shape index (κ3) is 1.64. The topological polar surface area (TPSA) is 76.0 Å². The molecule has 0 aliphatic rings. The molecule has 0 aliphatic carbocycles. The summed E-state index contributed by atoms with van der Waals surface area (Å²) in [5.41, 5.74) is 0.254. The maximum absolute atomic E-state index is 11.4. The fourth-order valence-corrected chi connectivity index (χ4v) is 1.58. The van der Waals surface area contributed by atoms with Crippen LogP contribution < -0.4 is 9.47 Å². The Morgan fingerprint density at radius 3 is 1.94 bits per heavy atom. The molecule has 0 saturated heterocycles. The monoisotopic (exact) mass is 226 g/mol. The molecule has 0 bridgehead atoms. The fourth-order valence-electron chi connectivity index (χ4n) is 1.58. The molecule has 2 N–H and O–H groups in total. The molecular weight excluding hydrogens is 212 g/mol. The number of rotatable bonds is 3. The van der Waals surface area contributed by atoms with Crippen molar-refractivity contribution in [2.45, 2.75) is 13.8 Å². The van der Waals surface area contributed by atoms with Crippen molar-refractivity contribution < 1.29 is 24.5 Å². The number of Topliss-reactive ketones (excluding diaryl/α,β-unsaturated/α-hetero) is 1. The highest BCUT2D eigenvalue weighted by Crippen LogP contribution is 2.47. The van der Waals surface area contributed by atoms with E-state index < -0.39 is 5.78 Å². The van der Waals surface area contributed by atoms with Crippen molar-refractivity contribution in [2.75, 3.05) is 14.2 Å². The van der Waals surface area contributed by atoms with E-state index in [1.54, 1.807) is 6.92 Å². The summed E-state index contributed by atoms with van der Waals surface area (Å²) < 4.78 is 9.84. The zero-order valence-corrected chi connectivity index (χ0v) is 9.62. The van der Waals surface area contributed by atoms with Gasteiger partial charge in [-0.3, -0.25) is 4.79 Å². The zero-order chi connectivity index (χ0) is 12.5. The molecule has 5 nitrogen and oxygen atoms in total. The molecule has 0 unspecified atom stereocenters. The number of hydrogen-bond donors (Lipinski definition) is 2. The average Bonchev–Trinajstić information content (AvgIpc) is 2.23. The number of hydrogen-bond acceptors (Lipinski definition) is 5. The second kappa shape index (κ2) is 4.30. The van der Waals surface area contributed by atoms with Crippen LogP contribution in [0.15, 0.2) is 0 Å². The number of methoxy groups -OCH3 is 2. The van der Waals surface area contributed by atoms with Crippen LogP contribution in [-0.2, 0) is 0 Å². The summed E-state index contributed by atoms with van der Waals surface area (Å²) in [5, 5.41) is 19.6. The first-order valence-corrected chi connectivity index (χ1v) is 4.63. The Morgan fingerprint density at radius 2 is 1.56 bits per heavy atom. The maximum atomic E-state index is 11.4. The molecule has 16 heavy (non-hydrogen) atoms. The third-order valence-corrected chi connectivity index (χ3v) is 2.35. The van der Waals surface area contributed by atoms with E-state index in [2.05, 4.69) is 0 Å². The third-order valence-electron chi connectivity index (χ3n) is 2.35. The lowest BCUT2D eigenvalue weighted by atomic mass is 10.0. The van der Waals surface area contributed by atoms with Crippen LogP contribution in [0.2, 0.25) is 0 Å². The molecule has 0 aromatic heterocycles. The number of ketones is 1. The summed E-state index contributed by atoms with van der Waals surface area (Å²) >= 11 is 0. The lowest BCUT2D eigenvalue weighted by Gasteiger charge is -2.16. The Kier molecular flexibility index (Phi) is 3.27. The van der Waals surface area contributed by atoms with Gasteiger partial charge in [0.1, 0.15) is 11.3 Å². The highest BCUT2D eigenvalue weighted by atomic mass is 16.5. The Labute approximate surface area is 93.2 Å². The van der Waals surface area contributed by atoms with E-state index in [1.165, 1.54) is 21.1 Å². The van der Waals surface area contributed by atoms with Gasteiger partial charge in [0.2, 0.25) is 5.75 Å². The second-order valence-corrected chi connectivity index (χ2v) is 3.32. The molecule has 0 heterocycles. The molecule has 0 saturated carbocycles. The van der Waals surface area contributed by atoms with E-state index in [1.807, 2.05) is 0 Å². The molecule has 0 fully saturated rings. The van der Waals surface area contributed by atoms with E-state index in [0.717, 1.165) is 0 Å². The molecule has 88 valence electrons. The van der Waals surface area contributed by atoms with Gasteiger partial charge in [0.15, 0.2) is 17.3 Å². The number of carbonyl (C=O) groups is 1. The molecule has 0 atom stereocenters. The van der Waals surface area contributed by atoms with Gasteiger partial charge in [-0.2, -0.15) is 0 Å². The van der Waals surface area contributed by atoms with Crippen molar-refractivity contribution in [1.82, 2.24) is 0 Å². The van der Waals surface area contributed by atoms with E-state index >= 15 is 0 Å². The van der Waals surface area contributed by atoms with Crippen LogP contribution in [0, 0.1) is 6.92 Å². The summed E-state index contributed by atoms with van der Waals surface area (Å²) in [4.78, 5) is 11.4. The van der Waals surface area contributed by atoms with Gasteiger partial charge in [0.05, 0.1) is 14.2 Å². The van der Waals surface area contributed by atoms with Crippen LogP contribution in [0.3, 0.4) is 0 Å². The number of benzene rings is 1. The molecular formula is C11H14O5. The minimum Gasteiger partial charge on any atom is -0.507 e. The first-order chi connectivity index (χ1) is 7.45. The van der Waals surface area contributed by atoms with E-state index in [0.29, 0.717) is 5.56 Å². The van der Waals surface area contributed by atoms with Crippen LogP contribution in [0.5, 0.6) is 23.0 Å². The van der Waals surface area contributed by atoms with Gasteiger partial charge in [-0.1, -0.05) is 0 Å². The number of ether oxygens (including phenoxy) is 2. The number of phenolic OH excluding ortho intramolecular Hbond substituents is 2. The highest BCUT2D eigenvalue weighted by molar-refractivity contribution is 6.01. The quantitative estimate of drug-likeness (QED) is 0.605. The highest BCUT2D eigenvalue weighted by Gasteiger charge is 2.25. The van der Waals surface area contributed by atoms with Crippen molar-refractivity contribution in [3.8, 4) is 23.0 Å². The summed E-state index contributed by atoms with van der Waals surface area (Å²) in [6.07, 6.45) is 0. The van der Waals surface area contributed by atoms with Gasteiger partial charge in [-0.05, 0) is 13.8 Å². The Bertz CT molecular complexity index is 437. The first-order valence-electron chi connectivity index (χ1n) is 4.63. The minimum absolute atomic E-state index is 0.0432. The van der Waals surface area contributed by atoms with Crippen LogP contribution in [0.25, 0.3) is 0 Å². The van der Waals surface area contributed by atoms with Crippen molar-refractivity contribution in [2.24, 2.45) is 0 Å². The van der Waals surface area contributed by atoms with Crippen molar-refractivity contribution in [3.05, 3.63) is 11.1 Å². The Hall–Kier alpha value is -1.91. The SMILES string of the molecule is COc1c(C)c(O)c(C(C)=O)c(OC)c1O. The van der Waals surface area contributed by atoms with Gasteiger partial charge in [-0.15, -0.1) is 0 Å². The van der Waals surface area contributed by atoms with E-state index in [4.69, 9.17) is 9.47 Å². The predicted molar refractivity (Wildman–Crippen MR) is 57.6 cm³/mol. The first kappa shape index (κ1) is 12.2. The molecule has 5 heteroatoms. The average molecular weight is 226 g/mol. The minimum atomic E-state index is -0.393. The smallest absolute Gasteiger partial charge is 0.202 e. The lowest BCUT2D eigenvalue weighted by Crippen LogP contribution is -2.02. The summed E-state index contributed by atoms with van der Waals surface area (Å²) in [6.45, 7) is 2.82. The molecule has 0 radical (unpaired) electrons. The summed E-state index contributed by atoms with van der Waals surface area (Å²) in [5.74, 6) is -0.897. The van der Waals surface area contributed by atoms with Crippen LogP contribution in [-0.4, -0.2) is 30.2 Å². The van der Waals surface area contributed by atoms with Crippen molar-refractivity contribution in [3.63, 3.8) is 0 Å². The van der Waals surface area contributed by atoms with Gasteiger partial charge >= 0.3 is 0 Å². The van der Waals surface area contributed by atoms with Crippen LogP contribution >= 0.6 is 0 Å². The van der Waals surface area contributed by atoms with E-state index in [9.17, 15) is 15.0 Å². The molecule has 1 rings (SSSR count). The Morgan fingerprint density at radius 1 is 1.06 bits per heavy atom. The van der Waals surface area contributed by atoms with Crippen molar-refractivity contribution >= 4 is 5.78 Å². The van der Waals surface area contributed by atoms with E-state index in [-0.39, 0.29) is 28.6 Å². The van der Waals surface area contributed by atoms with Crippen LogP contribution in [0.1, 0.15) is 22.8 Å². The Balaban J connectivity index is 3.70. The molecule has 1 aromatic carbocycles. The predicted octanol–water partition coefficient (Wildman–Crippen LogP) is 1.63. The lowest BCUT2D eigenvalue weighted by molar-refractivity contribution is 0.101. The van der Waals surface area contributed by atoms with Gasteiger partial charge in [0, 0.05) is 5.56 Å². The van der Waals surface area contributed by atoms with Crippen LogP contribution in [0.4, 0.5) is 0 Å². The summed E-state index contributed by atoms with van der Waals surface area (Å²) in [6, 6.07) is 0. The summed E-state index contributed by atoms with van der Waals surface area (Å²) in [7, 11) is 2.66. The molecule has 1 aromatic rings. The van der Waals surface area contributed by atoms with Gasteiger partial charge in [-0.25, -0.2) is 0 Å². The fraction of sp³-hybridized carbons (Fsp3) is 0.364. The standard InChI is InChI=1S/C11H14O5/c1-5-8(13)7(6(2)12)11(16-4)9(14)10(5)15-3/h13-14H,1-4H3. The van der Waals surface area contributed by atoms with Gasteiger partial charge in [0.25, 0.3) is 0 Å². The van der Waals surface area contributed by atoms with Crippen molar-refractivity contribution in [1.29, 1.82) is 0 Å². The van der Waals surface area contributed by atoms with Gasteiger partial charge < -0.3 is 19.7 Å². The second-order valence-electron chi connectivity index (χ2n) is 3.32. The molecule has 0 aliphatic heterocycles.